The number of non-ortho nitro benzene ring substituents is 1. The number of nitro groups is 1. The van der Waals surface area contributed by atoms with Gasteiger partial charge in [-0.15, -0.1) is 9.97 Å². The summed E-state index contributed by atoms with van der Waals surface area (Å²) in [6.45, 7) is 3.70. The van der Waals surface area contributed by atoms with E-state index in [-0.39, 0.29) is 11.6 Å². The van der Waals surface area contributed by atoms with E-state index in [0.29, 0.717) is 11.6 Å². The molecule has 0 saturated heterocycles. The van der Waals surface area contributed by atoms with E-state index in [1.807, 2.05) is 19.9 Å². The summed E-state index contributed by atoms with van der Waals surface area (Å²) in [5.74, 6) is 0.545. The summed E-state index contributed by atoms with van der Waals surface area (Å²) >= 11 is 0. The first-order valence-corrected chi connectivity index (χ1v) is 6.17. The van der Waals surface area contributed by atoms with Crippen LogP contribution in [0.1, 0.15) is 11.4 Å². The maximum atomic E-state index is 10.7. The first kappa shape index (κ1) is 14.4. The third-order valence-corrected chi connectivity index (χ3v) is 2.56. The summed E-state index contributed by atoms with van der Waals surface area (Å²) in [7, 11) is 0. The summed E-state index contributed by atoms with van der Waals surface area (Å²) in [4.78, 5) is 21.4. The topological polar surface area (TPSA) is 121 Å². The number of guanidine groups is 1. The number of nitrogens with two attached hydrogens (primary N) is 1. The van der Waals surface area contributed by atoms with Gasteiger partial charge in [0.2, 0.25) is 0 Å². The number of nitrogens with one attached hydrogen (secondary N) is 2. The van der Waals surface area contributed by atoms with Gasteiger partial charge in [0.25, 0.3) is 11.6 Å². The molecular formula is C13H15N6O2+. The third-order valence-electron chi connectivity index (χ3n) is 2.56. The van der Waals surface area contributed by atoms with Crippen LogP contribution in [0.2, 0.25) is 0 Å². The number of rotatable bonds is 3. The fraction of sp³-hybridized carbons (Fsp3) is 0.154. The van der Waals surface area contributed by atoms with Crippen molar-refractivity contribution in [3.63, 3.8) is 0 Å². The molecule has 1 aromatic carbocycles. The maximum Gasteiger partial charge on any atom is 0.354 e. The van der Waals surface area contributed by atoms with Crippen molar-refractivity contribution < 1.29 is 9.92 Å². The zero-order chi connectivity index (χ0) is 15.4. The summed E-state index contributed by atoms with van der Waals surface area (Å²) in [5, 5.41) is 13.5. The van der Waals surface area contributed by atoms with Crippen molar-refractivity contribution in [2.45, 2.75) is 13.8 Å². The van der Waals surface area contributed by atoms with Crippen LogP contribution in [0, 0.1) is 24.0 Å². The van der Waals surface area contributed by atoms with Gasteiger partial charge in [0.05, 0.1) is 22.0 Å². The minimum absolute atomic E-state index is 0.0181. The van der Waals surface area contributed by atoms with Crippen LogP contribution >= 0.6 is 0 Å². The lowest BCUT2D eigenvalue weighted by atomic mass is 10.3. The van der Waals surface area contributed by atoms with Gasteiger partial charge in [-0.25, -0.2) is 4.99 Å². The Kier molecular flexibility index (Phi) is 4.07. The Bertz CT molecular complexity index is 693. The van der Waals surface area contributed by atoms with Gasteiger partial charge in [-0.3, -0.25) is 15.4 Å². The lowest BCUT2D eigenvalue weighted by Crippen LogP contribution is -2.72. The third kappa shape index (κ3) is 3.96. The van der Waals surface area contributed by atoms with Crippen molar-refractivity contribution in [3.8, 4) is 0 Å². The van der Waals surface area contributed by atoms with Gasteiger partial charge < -0.3 is 5.73 Å². The van der Waals surface area contributed by atoms with E-state index in [9.17, 15) is 10.1 Å². The molecule has 21 heavy (non-hydrogen) atoms. The number of aromatic nitrogens is 2. The van der Waals surface area contributed by atoms with E-state index in [1.165, 1.54) is 12.1 Å². The van der Waals surface area contributed by atoms with Gasteiger partial charge in [-0.1, -0.05) is 6.07 Å². The highest BCUT2D eigenvalue weighted by Gasteiger charge is 2.09. The molecule has 1 heterocycles. The summed E-state index contributed by atoms with van der Waals surface area (Å²) < 4.78 is 0. The minimum atomic E-state index is -0.470. The lowest BCUT2D eigenvalue weighted by Gasteiger charge is -2.01. The van der Waals surface area contributed by atoms with E-state index >= 15 is 0 Å². The fourth-order valence-corrected chi connectivity index (χ4v) is 1.79. The standard InChI is InChI=1S/C13H14N6O2/c1-8-6-9(2)16-13(15-8)18-12(14)17-10-4-3-5-11(7-10)19(20)21/h3-7H,1-2H3,(H3,14,15,16,17,18)/p+1. The van der Waals surface area contributed by atoms with Gasteiger partial charge in [0.15, 0.2) is 0 Å². The highest BCUT2D eigenvalue weighted by atomic mass is 16.6. The van der Waals surface area contributed by atoms with E-state index in [2.05, 4.69) is 20.3 Å². The molecule has 0 saturated carbocycles. The second-order valence-electron chi connectivity index (χ2n) is 4.45. The van der Waals surface area contributed by atoms with E-state index < -0.39 is 4.92 Å². The Hall–Kier alpha value is -3.03. The zero-order valence-electron chi connectivity index (χ0n) is 11.6. The maximum absolute atomic E-state index is 10.7. The quantitative estimate of drug-likeness (QED) is 0.319. The van der Waals surface area contributed by atoms with Crippen molar-refractivity contribution >= 4 is 23.3 Å². The molecular weight excluding hydrogens is 272 g/mol. The molecule has 0 unspecified atom stereocenters. The Morgan fingerprint density at radius 3 is 2.57 bits per heavy atom. The van der Waals surface area contributed by atoms with Crippen molar-refractivity contribution in [3.05, 3.63) is 51.8 Å². The number of hydrogen-bond donors (Lipinski definition) is 3. The number of benzene rings is 1. The van der Waals surface area contributed by atoms with Crippen molar-refractivity contribution in [2.24, 2.45) is 5.73 Å². The van der Waals surface area contributed by atoms with E-state index in [1.54, 1.807) is 12.1 Å². The van der Waals surface area contributed by atoms with Crippen LogP contribution in [0.15, 0.2) is 30.3 Å². The molecule has 0 atom stereocenters. The molecule has 8 heteroatoms. The Morgan fingerprint density at radius 2 is 1.95 bits per heavy atom. The monoisotopic (exact) mass is 287 g/mol. The predicted molar refractivity (Wildman–Crippen MR) is 78.0 cm³/mol. The first-order valence-electron chi connectivity index (χ1n) is 6.17. The molecule has 4 N–H and O–H groups in total. The van der Waals surface area contributed by atoms with Crippen LogP contribution < -0.4 is 16.0 Å². The van der Waals surface area contributed by atoms with Crippen LogP contribution in [0.4, 0.5) is 17.3 Å². The fourth-order valence-electron chi connectivity index (χ4n) is 1.79. The smallest absolute Gasteiger partial charge is 0.322 e. The molecule has 2 aromatic rings. The SMILES string of the molecule is Cc1cc(C)nc([NH+]=C(N)Nc2cccc([N+](=O)[O-])c2)n1. The Balaban J connectivity index is 2.20. The minimum Gasteiger partial charge on any atom is -0.322 e. The molecule has 8 nitrogen and oxygen atoms in total. The second-order valence-corrected chi connectivity index (χ2v) is 4.45. The van der Waals surface area contributed by atoms with Gasteiger partial charge in [0.1, 0.15) is 0 Å². The molecule has 0 bridgehead atoms. The van der Waals surface area contributed by atoms with Crippen LogP contribution in [0.3, 0.4) is 0 Å². The summed E-state index contributed by atoms with van der Waals surface area (Å²) in [5.41, 5.74) is 7.92. The largest absolute Gasteiger partial charge is 0.354 e. The summed E-state index contributed by atoms with van der Waals surface area (Å²) in [6.07, 6.45) is 0. The van der Waals surface area contributed by atoms with Crippen molar-refractivity contribution in [1.82, 2.24) is 9.97 Å². The Morgan fingerprint density at radius 1 is 1.29 bits per heavy atom. The molecule has 0 aliphatic heterocycles. The number of hydrogen-bond acceptors (Lipinski definition) is 4. The molecule has 1 aromatic heterocycles. The van der Waals surface area contributed by atoms with E-state index in [0.717, 1.165) is 11.4 Å². The zero-order valence-corrected chi connectivity index (χ0v) is 11.6. The first-order chi connectivity index (χ1) is 9.94. The highest BCUT2D eigenvalue weighted by molar-refractivity contribution is 5.88. The second kappa shape index (κ2) is 5.95. The lowest BCUT2D eigenvalue weighted by molar-refractivity contribution is -0.384. The molecule has 108 valence electrons. The van der Waals surface area contributed by atoms with Gasteiger partial charge >= 0.3 is 5.95 Å². The Labute approximate surface area is 120 Å². The molecule has 0 aliphatic carbocycles. The number of nitrogens with zero attached hydrogens (tertiary/aromatic N) is 3. The highest BCUT2D eigenvalue weighted by Crippen LogP contribution is 2.16. The normalized spacial score (nSPS) is 11.2. The van der Waals surface area contributed by atoms with Gasteiger partial charge in [-0.05, 0) is 19.9 Å². The number of nitro benzene ring substituents is 1. The number of anilines is 1. The molecule has 0 aliphatic rings. The summed E-state index contributed by atoms with van der Waals surface area (Å²) in [6, 6.07) is 7.87. The van der Waals surface area contributed by atoms with Gasteiger partial charge in [-0.2, -0.15) is 0 Å². The number of aryl methyl sites for hydroxylation is 2. The van der Waals surface area contributed by atoms with Crippen LogP contribution in [0.25, 0.3) is 0 Å². The van der Waals surface area contributed by atoms with E-state index in [4.69, 9.17) is 5.73 Å². The van der Waals surface area contributed by atoms with Gasteiger partial charge in [0, 0.05) is 18.2 Å². The van der Waals surface area contributed by atoms with Crippen LogP contribution in [-0.2, 0) is 0 Å². The average Bonchev–Trinajstić information content (AvgIpc) is 2.37. The molecule has 0 radical (unpaired) electrons. The predicted octanol–water partition coefficient (Wildman–Crippen LogP) is 0.141. The van der Waals surface area contributed by atoms with Crippen LogP contribution in [-0.4, -0.2) is 20.9 Å². The molecule has 0 spiro atoms. The molecule has 0 amide bonds. The molecule has 2 rings (SSSR count). The van der Waals surface area contributed by atoms with Crippen LogP contribution in [0.5, 0.6) is 0 Å². The molecule has 0 fully saturated rings. The average molecular weight is 287 g/mol. The van der Waals surface area contributed by atoms with Crippen molar-refractivity contribution in [1.29, 1.82) is 0 Å². The van der Waals surface area contributed by atoms with Crippen molar-refractivity contribution in [2.75, 3.05) is 5.32 Å².